The predicted octanol–water partition coefficient (Wildman–Crippen LogP) is -1.13. The fourth-order valence-electron chi connectivity index (χ4n) is 0.655. The van der Waals surface area contributed by atoms with Gasteiger partial charge < -0.3 is 10.8 Å². The molecule has 0 amide bonds. The SMILES string of the molecule is C#CCN(C)CC(O)CN. The van der Waals surface area contributed by atoms with E-state index in [1.807, 2.05) is 11.9 Å². The number of rotatable bonds is 4. The lowest BCUT2D eigenvalue weighted by atomic mass is 10.3. The number of nitrogens with zero attached hydrogens (tertiary/aromatic N) is 1. The van der Waals surface area contributed by atoms with E-state index >= 15 is 0 Å². The van der Waals surface area contributed by atoms with Gasteiger partial charge in [-0.2, -0.15) is 0 Å². The molecule has 0 heterocycles. The Kier molecular flexibility index (Phi) is 4.95. The molecule has 0 saturated heterocycles. The van der Waals surface area contributed by atoms with Crippen molar-refractivity contribution in [3.05, 3.63) is 0 Å². The summed E-state index contributed by atoms with van der Waals surface area (Å²) in [5, 5.41) is 9.02. The van der Waals surface area contributed by atoms with Crippen LogP contribution in [-0.2, 0) is 0 Å². The van der Waals surface area contributed by atoms with Crippen molar-refractivity contribution in [3.8, 4) is 12.3 Å². The van der Waals surface area contributed by atoms with E-state index in [0.29, 0.717) is 13.1 Å². The van der Waals surface area contributed by atoms with Gasteiger partial charge in [0, 0.05) is 13.1 Å². The molecule has 3 nitrogen and oxygen atoms in total. The molecule has 1 unspecified atom stereocenters. The van der Waals surface area contributed by atoms with Crippen LogP contribution >= 0.6 is 0 Å². The second-order valence-electron chi connectivity index (χ2n) is 2.29. The van der Waals surface area contributed by atoms with Crippen LogP contribution in [0.25, 0.3) is 0 Å². The van der Waals surface area contributed by atoms with E-state index < -0.39 is 6.10 Å². The van der Waals surface area contributed by atoms with Crippen molar-refractivity contribution >= 4 is 0 Å². The van der Waals surface area contributed by atoms with Crippen LogP contribution in [0.15, 0.2) is 0 Å². The molecule has 0 aromatic heterocycles. The second kappa shape index (κ2) is 5.24. The average molecular weight is 142 g/mol. The van der Waals surface area contributed by atoms with Gasteiger partial charge in [-0.3, -0.25) is 4.90 Å². The number of likely N-dealkylation sites (N-methyl/N-ethyl adjacent to an activating group) is 1. The third kappa shape index (κ3) is 4.33. The molecule has 0 aliphatic carbocycles. The highest BCUT2D eigenvalue weighted by atomic mass is 16.3. The highest BCUT2D eigenvalue weighted by Crippen LogP contribution is 1.84. The lowest BCUT2D eigenvalue weighted by Gasteiger charge is -2.16. The third-order valence-electron chi connectivity index (χ3n) is 1.16. The first-order valence-corrected chi connectivity index (χ1v) is 3.20. The van der Waals surface area contributed by atoms with Crippen LogP contribution in [0, 0.1) is 12.3 Å². The summed E-state index contributed by atoms with van der Waals surface area (Å²) in [4.78, 5) is 1.84. The summed E-state index contributed by atoms with van der Waals surface area (Å²) in [7, 11) is 1.85. The van der Waals surface area contributed by atoms with Gasteiger partial charge in [0.15, 0.2) is 0 Å². The molecule has 0 aliphatic rings. The molecule has 0 fully saturated rings. The molecule has 0 rings (SSSR count). The van der Waals surface area contributed by atoms with Crippen molar-refractivity contribution in [2.24, 2.45) is 5.73 Å². The second-order valence-corrected chi connectivity index (χ2v) is 2.29. The highest BCUT2D eigenvalue weighted by Gasteiger charge is 2.03. The lowest BCUT2D eigenvalue weighted by molar-refractivity contribution is 0.139. The molecule has 3 N–H and O–H groups in total. The molecule has 10 heavy (non-hydrogen) atoms. The fourth-order valence-corrected chi connectivity index (χ4v) is 0.655. The van der Waals surface area contributed by atoms with Gasteiger partial charge in [0.05, 0.1) is 12.6 Å². The molecule has 3 heteroatoms. The van der Waals surface area contributed by atoms with Crippen molar-refractivity contribution in [3.63, 3.8) is 0 Å². The zero-order valence-corrected chi connectivity index (χ0v) is 6.25. The highest BCUT2D eigenvalue weighted by molar-refractivity contribution is 4.87. The van der Waals surface area contributed by atoms with E-state index in [-0.39, 0.29) is 6.54 Å². The fraction of sp³-hybridized carbons (Fsp3) is 0.714. The van der Waals surface area contributed by atoms with Gasteiger partial charge in [0.25, 0.3) is 0 Å². The average Bonchev–Trinajstić information content (AvgIpc) is 1.88. The first-order valence-electron chi connectivity index (χ1n) is 3.20. The van der Waals surface area contributed by atoms with E-state index in [1.165, 1.54) is 0 Å². The topological polar surface area (TPSA) is 49.5 Å². The molecule has 1 atom stereocenters. The van der Waals surface area contributed by atoms with Crippen molar-refractivity contribution in [2.45, 2.75) is 6.10 Å². The number of terminal acetylenes is 1. The molecule has 0 bridgehead atoms. The summed E-state index contributed by atoms with van der Waals surface area (Å²) in [6.07, 6.45) is 4.58. The van der Waals surface area contributed by atoms with Crippen LogP contribution in [-0.4, -0.2) is 42.8 Å². The van der Waals surface area contributed by atoms with Gasteiger partial charge in [0.2, 0.25) is 0 Å². The van der Waals surface area contributed by atoms with Gasteiger partial charge in [-0.1, -0.05) is 5.92 Å². The van der Waals surface area contributed by atoms with E-state index in [0.717, 1.165) is 0 Å². The van der Waals surface area contributed by atoms with Gasteiger partial charge in [-0.05, 0) is 7.05 Å². The number of nitrogens with two attached hydrogens (primary N) is 1. The molecule has 0 spiro atoms. The Morgan fingerprint density at radius 3 is 2.80 bits per heavy atom. The summed E-state index contributed by atoms with van der Waals surface area (Å²) >= 11 is 0. The summed E-state index contributed by atoms with van der Waals surface area (Å²) in [6, 6.07) is 0. The van der Waals surface area contributed by atoms with E-state index in [9.17, 15) is 0 Å². The van der Waals surface area contributed by atoms with Crippen LogP contribution in [0.3, 0.4) is 0 Å². The van der Waals surface area contributed by atoms with Crippen molar-refractivity contribution in [1.82, 2.24) is 4.90 Å². The third-order valence-corrected chi connectivity index (χ3v) is 1.16. The van der Waals surface area contributed by atoms with Crippen molar-refractivity contribution in [2.75, 3.05) is 26.7 Å². The first-order chi connectivity index (χ1) is 4.70. The Hall–Kier alpha value is -0.560. The molecule has 0 aromatic carbocycles. The molecular weight excluding hydrogens is 128 g/mol. The smallest absolute Gasteiger partial charge is 0.0789 e. The van der Waals surface area contributed by atoms with Crippen molar-refractivity contribution in [1.29, 1.82) is 0 Å². The normalized spacial score (nSPS) is 13.1. The van der Waals surface area contributed by atoms with Crippen LogP contribution in [0.4, 0.5) is 0 Å². The Morgan fingerprint density at radius 2 is 2.40 bits per heavy atom. The predicted molar refractivity (Wildman–Crippen MR) is 41.4 cm³/mol. The number of hydrogen-bond acceptors (Lipinski definition) is 3. The van der Waals surface area contributed by atoms with Gasteiger partial charge in [-0.15, -0.1) is 6.42 Å². The van der Waals surface area contributed by atoms with E-state index in [2.05, 4.69) is 5.92 Å². The van der Waals surface area contributed by atoms with Crippen LogP contribution in [0.5, 0.6) is 0 Å². The van der Waals surface area contributed by atoms with Crippen molar-refractivity contribution < 1.29 is 5.11 Å². The van der Waals surface area contributed by atoms with Gasteiger partial charge >= 0.3 is 0 Å². The largest absolute Gasteiger partial charge is 0.390 e. The Balaban J connectivity index is 3.38. The molecule has 0 saturated carbocycles. The maximum atomic E-state index is 9.02. The molecule has 0 aliphatic heterocycles. The lowest BCUT2D eigenvalue weighted by Crippen LogP contribution is -2.34. The minimum atomic E-state index is -0.460. The summed E-state index contributed by atoms with van der Waals surface area (Å²) < 4.78 is 0. The monoisotopic (exact) mass is 142 g/mol. The Morgan fingerprint density at radius 1 is 1.80 bits per heavy atom. The number of aliphatic hydroxyl groups excluding tert-OH is 1. The summed E-state index contributed by atoms with van der Waals surface area (Å²) in [6.45, 7) is 1.38. The van der Waals surface area contributed by atoms with Gasteiger partial charge in [0.1, 0.15) is 0 Å². The van der Waals surface area contributed by atoms with Gasteiger partial charge in [-0.25, -0.2) is 0 Å². The van der Waals surface area contributed by atoms with Crippen LogP contribution in [0.2, 0.25) is 0 Å². The van der Waals surface area contributed by atoms with Crippen LogP contribution in [0.1, 0.15) is 0 Å². The first kappa shape index (κ1) is 9.44. The Bertz CT molecular complexity index is 119. The summed E-state index contributed by atoms with van der Waals surface area (Å²) in [5.41, 5.74) is 5.19. The number of hydrogen-bond donors (Lipinski definition) is 2. The maximum absolute atomic E-state index is 9.02. The molecule has 0 aromatic rings. The Labute approximate surface area is 61.8 Å². The number of aliphatic hydroxyl groups is 1. The maximum Gasteiger partial charge on any atom is 0.0789 e. The van der Waals surface area contributed by atoms with Crippen LogP contribution < -0.4 is 5.73 Å². The standard InChI is InChI=1S/C7H14N2O/c1-3-4-9(2)6-7(10)5-8/h1,7,10H,4-6,8H2,2H3. The molecule has 0 radical (unpaired) electrons. The molecule has 58 valence electrons. The molecular formula is C7H14N2O. The quantitative estimate of drug-likeness (QED) is 0.488. The zero-order valence-electron chi connectivity index (χ0n) is 6.25. The summed E-state index contributed by atoms with van der Waals surface area (Å²) in [5.74, 6) is 2.47. The van der Waals surface area contributed by atoms with E-state index in [4.69, 9.17) is 17.3 Å². The zero-order chi connectivity index (χ0) is 7.98. The minimum Gasteiger partial charge on any atom is -0.390 e. The minimum absolute atomic E-state index is 0.287. The van der Waals surface area contributed by atoms with E-state index in [1.54, 1.807) is 0 Å².